The summed E-state index contributed by atoms with van der Waals surface area (Å²) < 4.78 is 11.8. The third-order valence-electron chi connectivity index (χ3n) is 4.68. The lowest BCUT2D eigenvalue weighted by Gasteiger charge is -2.27. The minimum atomic E-state index is 0.634. The van der Waals surface area contributed by atoms with E-state index >= 15 is 0 Å². The fourth-order valence-corrected chi connectivity index (χ4v) is 3.81. The standard InChI is InChI=1S/C24H25BrN2O2S/c1-17-7-12-23(29-3)22(13-17)26-24(30)27(16-19-5-4-6-20(25)14-19)15-18-8-10-21(28-2)11-9-18/h4-14H,15-16H2,1-3H3,(H,26,30). The lowest BCUT2D eigenvalue weighted by atomic mass is 10.1. The summed E-state index contributed by atoms with van der Waals surface area (Å²) in [4.78, 5) is 2.14. The van der Waals surface area contributed by atoms with E-state index in [2.05, 4.69) is 50.4 Å². The van der Waals surface area contributed by atoms with Gasteiger partial charge in [0.1, 0.15) is 11.5 Å². The number of hydrogen-bond donors (Lipinski definition) is 1. The minimum Gasteiger partial charge on any atom is -0.497 e. The zero-order chi connectivity index (χ0) is 21.5. The molecule has 156 valence electrons. The van der Waals surface area contributed by atoms with Gasteiger partial charge in [0.15, 0.2) is 5.11 Å². The molecule has 0 saturated heterocycles. The van der Waals surface area contributed by atoms with Crippen molar-refractivity contribution in [1.82, 2.24) is 4.90 Å². The molecule has 0 saturated carbocycles. The quantitative estimate of drug-likeness (QED) is 0.405. The van der Waals surface area contributed by atoms with E-state index in [0.717, 1.165) is 32.8 Å². The average molecular weight is 485 g/mol. The minimum absolute atomic E-state index is 0.634. The van der Waals surface area contributed by atoms with Gasteiger partial charge in [-0.2, -0.15) is 0 Å². The fourth-order valence-electron chi connectivity index (χ4n) is 3.12. The van der Waals surface area contributed by atoms with Crippen molar-refractivity contribution in [2.45, 2.75) is 20.0 Å². The fraction of sp³-hybridized carbons (Fsp3) is 0.208. The summed E-state index contributed by atoms with van der Waals surface area (Å²) >= 11 is 9.37. The predicted molar refractivity (Wildman–Crippen MR) is 130 cm³/mol. The molecule has 0 unspecified atom stereocenters. The Morgan fingerprint density at radius 2 is 1.67 bits per heavy atom. The molecule has 3 rings (SSSR count). The molecular formula is C24H25BrN2O2S. The summed E-state index contributed by atoms with van der Waals surface area (Å²) in [6, 6.07) is 22.3. The number of methoxy groups -OCH3 is 2. The molecule has 0 heterocycles. The van der Waals surface area contributed by atoms with Crippen molar-refractivity contribution in [2.75, 3.05) is 19.5 Å². The van der Waals surface area contributed by atoms with Crippen LogP contribution < -0.4 is 14.8 Å². The molecule has 0 spiro atoms. The van der Waals surface area contributed by atoms with Gasteiger partial charge in [0.25, 0.3) is 0 Å². The van der Waals surface area contributed by atoms with Gasteiger partial charge in [-0.3, -0.25) is 0 Å². The molecule has 3 aromatic rings. The molecule has 4 nitrogen and oxygen atoms in total. The van der Waals surface area contributed by atoms with E-state index in [1.54, 1.807) is 14.2 Å². The highest BCUT2D eigenvalue weighted by molar-refractivity contribution is 9.10. The van der Waals surface area contributed by atoms with Crippen LogP contribution in [0.1, 0.15) is 16.7 Å². The number of ether oxygens (including phenoxy) is 2. The molecular weight excluding hydrogens is 460 g/mol. The molecule has 0 amide bonds. The van der Waals surface area contributed by atoms with Crippen LogP contribution in [-0.2, 0) is 13.1 Å². The molecule has 3 aromatic carbocycles. The summed E-state index contributed by atoms with van der Waals surface area (Å²) in [7, 11) is 3.33. The topological polar surface area (TPSA) is 33.7 Å². The number of rotatable bonds is 7. The number of nitrogens with one attached hydrogen (secondary N) is 1. The van der Waals surface area contributed by atoms with Crippen molar-refractivity contribution in [1.29, 1.82) is 0 Å². The highest BCUT2D eigenvalue weighted by Crippen LogP contribution is 2.26. The Balaban J connectivity index is 1.85. The van der Waals surface area contributed by atoms with Crippen LogP contribution in [-0.4, -0.2) is 24.2 Å². The third-order valence-corrected chi connectivity index (χ3v) is 5.53. The monoisotopic (exact) mass is 484 g/mol. The maximum Gasteiger partial charge on any atom is 0.174 e. The van der Waals surface area contributed by atoms with Gasteiger partial charge in [-0.1, -0.05) is 46.3 Å². The first-order chi connectivity index (χ1) is 14.5. The Kier molecular flexibility index (Phi) is 7.71. The van der Waals surface area contributed by atoms with E-state index in [1.165, 1.54) is 5.56 Å². The van der Waals surface area contributed by atoms with Crippen LogP contribution in [0.2, 0.25) is 0 Å². The van der Waals surface area contributed by atoms with E-state index in [4.69, 9.17) is 21.7 Å². The third kappa shape index (κ3) is 5.97. The maximum absolute atomic E-state index is 5.81. The van der Waals surface area contributed by atoms with Gasteiger partial charge in [-0.15, -0.1) is 0 Å². The molecule has 0 fully saturated rings. The summed E-state index contributed by atoms with van der Waals surface area (Å²) in [5, 5.41) is 4.01. The summed E-state index contributed by atoms with van der Waals surface area (Å²) in [6.45, 7) is 3.38. The van der Waals surface area contributed by atoms with Crippen molar-refractivity contribution >= 4 is 38.9 Å². The molecule has 0 aromatic heterocycles. The first kappa shape index (κ1) is 22.1. The van der Waals surface area contributed by atoms with E-state index in [9.17, 15) is 0 Å². The van der Waals surface area contributed by atoms with Crippen molar-refractivity contribution in [3.63, 3.8) is 0 Å². The molecule has 6 heteroatoms. The van der Waals surface area contributed by atoms with Crippen molar-refractivity contribution < 1.29 is 9.47 Å². The second kappa shape index (κ2) is 10.5. The van der Waals surface area contributed by atoms with Crippen LogP contribution in [0.25, 0.3) is 0 Å². The Morgan fingerprint density at radius 3 is 2.33 bits per heavy atom. The Bertz CT molecular complexity index is 1010. The molecule has 0 atom stereocenters. The van der Waals surface area contributed by atoms with Gasteiger partial charge < -0.3 is 19.7 Å². The maximum atomic E-state index is 5.81. The molecule has 0 aliphatic rings. The first-order valence-corrected chi connectivity index (χ1v) is 10.8. The highest BCUT2D eigenvalue weighted by atomic mass is 79.9. The van der Waals surface area contributed by atoms with Gasteiger partial charge in [-0.25, -0.2) is 0 Å². The van der Waals surface area contributed by atoms with Crippen molar-refractivity contribution in [2.24, 2.45) is 0 Å². The molecule has 1 N–H and O–H groups in total. The average Bonchev–Trinajstić information content (AvgIpc) is 2.74. The second-order valence-electron chi connectivity index (χ2n) is 6.97. The van der Waals surface area contributed by atoms with Gasteiger partial charge in [0.05, 0.1) is 19.9 Å². The smallest absolute Gasteiger partial charge is 0.174 e. The SMILES string of the molecule is COc1ccc(CN(Cc2cccc(Br)c2)C(=S)Nc2cc(C)ccc2OC)cc1. The van der Waals surface area contributed by atoms with E-state index in [1.807, 2.05) is 49.4 Å². The zero-order valence-corrected chi connectivity index (χ0v) is 19.7. The molecule has 0 aliphatic carbocycles. The van der Waals surface area contributed by atoms with Crippen LogP contribution in [0.5, 0.6) is 11.5 Å². The molecule has 0 bridgehead atoms. The largest absolute Gasteiger partial charge is 0.497 e. The van der Waals surface area contributed by atoms with Crippen LogP contribution in [0.15, 0.2) is 71.2 Å². The number of anilines is 1. The van der Waals surface area contributed by atoms with Crippen LogP contribution in [0, 0.1) is 6.92 Å². The Hall–Kier alpha value is -2.57. The second-order valence-corrected chi connectivity index (χ2v) is 8.27. The van der Waals surface area contributed by atoms with Crippen molar-refractivity contribution in [3.05, 3.63) is 87.9 Å². The van der Waals surface area contributed by atoms with Crippen LogP contribution >= 0.6 is 28.1 Å². The van der Waals surface area contributed by atoms with E-state index < -0.39 is 0 Å². The number of benzene rings is 3. The van der Waals surface area contributed by atoms with Crippen LogP contribution in [0.4, 0.5) is 5.69 Å². The van der Waals surface area contributed by atoms with E-state index in [-0.39, 0.29) is 0 Å². The molecule has 0 aliphatic heterocycles. The highest BCUT2D eigenvalue weighted by Gasteiger charge is 2.14. The lowest BCUT2D eigenvalue weighted by molar-refractivity contribution is 0.405. The number of nitrogens with zero attached hydrogens (tertiary/aromatic N) is 1. The molecule has 0 radical (unpaired) electrons. The molecule has 30 heavy (non-hydrogen) atoms. The zero-order valence-electron chi connectivity index (χ0n) is 17.3. The van der Waals surface area contributed by atoms with E-state index in [0.29, 0.717) is 18.2 Å². The number of hydrogen-bond acceptors (Lipinski definition) is 3. The van der Waals surface area contributed by atoms with Gasteiger partial charge in [-0.05, 0) is 72.2 Å². The van der Waals surface area contributed by atoms with Gasteiger partial charge in [0, 0.05) is 17.6 Å². The first-order valence-electron chi connectivity index (χ1n) is 9.56. The number of thiocarbonyl (C=S) groups is 1. The van der Waals surface area contributed by atoms with Crippen molar-refractivity contribution in [3.8, 4) is 11.5 Å². The Morgan fingerprint density at radius 1 is 0.933 bits per heavy atom. The lowest BCUT2D eigenvalue weighted by Crippen LogP contribution is -2.34. The number of aryl methyl sites for hydroxylation is 1. The predicted octanol–water partition coefficient (Wildman–Crippen LogP) is 6.17. The summed E-state index contributed by atoms with van der Waals surface area (Å²) in [6.07, 6.45) is 0. The normalized spacial score (nSPS) is 10.4. The number of halogens is 1. The van der Waals surface area contributed by atoms with Crippen LogP contribution in [0.3, 0.4) is 0 Å². The Labute approximate surface area is 191 Å². The van der Waals surface area contributed by atoms with Gasteiger partial charge in [0.2, 0.25) is 0 Å². The summed E-state index contributed by atoms with van der Waals surface area (Å²) in [5.41, 5.74) is 4.30. The summed E-state index contributed by atoms with van der Waals surface area (Å²) in [5.74, 6) is 1.59. The van der Waals surface area contributed by atoms with Gasteiger partial charge >= 0.3 is 0 Å².